The molecular weight excluding hydrogens is 354 g/mol. The number of nitrogen functional groups attached to an aromatic ring is 1. The monoisotopic (exact) mass is 377 g/mol. The van der Waals surface area contributed by atoms with Crippen LogP contribution in [0.5, 0.6) is 0 Å². The van der Waals surface area contributed by atoms with E-state index < -0.39 is 0 Å². The molecule has 3 N–H and O–H groups in total. The molecule has 0 fully saturated rings. The Labute approximate surface area is 162 Å². The fraction of sp³-hybridized carbons (Fsp3) is 0.300. The van der Waals surface area contributed by atoms with Crippen LogP contribution in [0.3, 0.4) is 0 Å². The molecule has 1 aromatic carbocycles. The molecule has 0 aliphatic heterocycles. The summed E-state index contributed by atoms with van der Waals surface area (Å²) in [5.41, 5.74) is 9.55. The van der Waals surface area contributed by atoms with Crippen molar-refractivity contribution in [2.24, 2.45) is 0 Å². The summed E-state index contributed by atoms with van der Waals surface area (Å²) in [6.07, 6.45) is 4.95. The molecular formula is C20H23N7O. The minimum atomic E-state index is 0.0250. The predicted octanol–water partition coefficient (Wildman–Crippen LogP) is 2.79. The van der Waals surface area contributed by atoms with Gasteiger partial charge in [0.25, 0.3) is 0 Å². The lowest BCUT2D eigenvalue weighted by atomic mass is 10.1. The molecule has 28 heavy (non-hydrogen) atoms. The first-order valence-corrected chi connectivity index (χ1v) is 9.47. The van der Waals surface area contributed by atoms with Gasteiger partial charge >= 0.3 is 0 Å². The predicted molar refractivity (Wildman–Crippen MR) is 109 cm³/mol. The Morgan fingerprint density at radius 2 is 2.11 bits per heavy atom. The summed E-state index contributed by atoms with van der Waals surface area (Å²) < 4.78 is 3.88. The molecule has 0 atom stereocenters. The number of benzene rings is 1. The number of pyridine rings is 1. The number of aryl methyl sites for hydroxylation is 1. The van der Waals surface area contributed by atoms with Crippen LogP contribution in [0, 0.1) is 0 Å². The van der Waals surface area contributed by atoms with Gasteiger partial charge in [0.2, 0.25) is 5.91 Å². The number of hydrogen-bond donors (Lipinski definition) is 2. The van der Waals surface area contributed by atoms with Gasteiger partial charge in [-0.2, -0.15) is 5.10 Å². The highest BCUT2D eigenvalue weighted by Gasteiger charge is 2.17. The van der Waals surface area contributed by atoms with Crippen molar-refractivity contribution in [3.63, 3.8) is 0 Å². The number of fused-ring (bicyclic) bond motifs is 3. The summed E-state index contributed by atoms with van der Waals surface area (Å²) in [5.74, 6) is 1.18. The molecule has 0 aliphatic carbocycles. The average molecular weight is 377 g/mol. The maximum absolute atomic E-state index is 11.9. The number of rotatable bonds is 6. The van der Waals surface area contributed by atoms with Crippen molar-refractivity contribution in [2.75, 3.05) is 5.73 Å². The van der Waals surface area contributed by atoms with Gasteiger partial charge in [-0.05, 0) is 37.6 Å². The van der Waals surface area contributed by atoms with Crippen LogP contribution in [-0.4, -0.2) is 30.2 Å². The molecule has 0 unspecified atom stereocenters. The zero-order valence-electron chi connectivity index (χ0n) is 16.0. The van der Waals surface area contributed by atoms with Crippen LogP contribution in [0.4, 0.5) is 5.82 Å². The van der Waals surface area contributed by atoms with E-state index >= 15 is 0 Å². The maximum Gasteiger partial charge on any atom is 0.220 e. The van der Waals surface area contributed by atoms with E-state index in [0.717, 1.165) is 40.9 Å². The standard InChI is InChI=1S/C20H23N7O/c1-3-6-17(28)22-12-16-25-18-19(26(16)4-2)14-8-7-13(27-10-5-9-23-27)11-15(14)24-20(18)21/h5,7-11H,3-4,6,12H2,1-2H3,(H2,21,24)(H,22,28). The number of anilines is 1. The van der Waals surface area contributed by atoms with Crippen LogP contribution in [0.15, 0.2) is 36.7 Å². The average Bonchev–Trinajstić information content (AvgIpc) is 3.34. The van der Waals surface area contributed by atoms with Gasteiger partial charge < -0.3 is 15.6 Å². The van der Waals surface area contributed by atoms with Gasteiger partial charge in [-0.1, -0.05) is 6.92 Å². The Bertz CT molecular complexity index is 1140. The molecule has 4 rings (SSSR count). The number of aromatic nitrogens is 5. The highest BCUT2D eigenvalue weighted by molar-refractivity contribution is 6.07. The first kappa shape index (κ1) is 18.0. The molecule has 3 aromatic heterocycles. The maximum atomic E-state index is 11.9. The summed E-state index contributed by atoms with van der Waals surface area (Å²) in [5, 5.41) is 8.18. The number of carbonyl (C=O) groups is 1. The van der Waals surface area contributed by atoms with Crippen LogP contribution in [0.25, 0.3) is 27.6 Å². The van der Waals surface area contributed by atoms with Crippen LogP contribution >= 0.6 is 0 Å². The summed E-state index contributed by atoms with van der Waals surface area (Å²) in [4.78, 5) is 21.1. The molecule has 144 valence electrons. The second-order valence-electron chi connectivity index (χ2n) is 6.65. The minimum Gasteiger partial charge on any atom is -0.382 e. The number of nitrogens with zero attached hydrogens (tertiary/aromatic N) is 5. The van der Waals surface area contributed by atoms with Crippen molar-refractivity contribution in [3.05, 3.63) is 42.5 Å². The van der Waals surface area contributed by atoms with Gasteiger partial charge in [0.05, 0.1) is 23.3 Å². The van der Waals surface area contributed by atoms with Crippen LogP contribution < -0.4 is 11.1 Å². The molecule has 8 nitrogen and oxygen atoms in total. The van der Waals surface area contributed by atoms with E-state index in [2.05, 4.69) is 31.9 Å². The molecule has 0 spiro atoms. The molecule has 3 heterocycles. The molecule has 0 saturated heterocycles. The van der Waals surface area contributed by atoms with Crippen molar-refractivity contribution < 1.29 is 4.79 Å². The van der Waals surface area contributed by atoms with Crippen LogP contribution in [0.2, 0.25) is 0 Å². The summed E-state index contributed by atoms with van der Waals surface area (Å²) in [7, 11) is 0. The van der Waals surface area contributed by atoms with E-state index in [-0.39, 0.29) is 5.91 Å². The number of nitrogens with two attached hydrogens (primary N) is 1. The Kier molecular flexibility index (Phi) is 4.68. The summed E-state index contributed by atoms with van der Waals surface area (Å²) >= 11 is 0. The summed E-state index contributed by atoms with van der Waals surface area (Å²) in [6.45, 7) is 5.12. The highest BCUT2D eigenvalue weighted by Crippen LogP contribution is 2.30. The Balaban J connectivity index is 1.83. The number of amides is 1. The van der Waals surface area contributed by atoms with E-state index in [9.17, 15) is 4.79 Å². The van der Waals surface area contributed by atoms with Gasteiger partial charge in [-0.3, -0.25) is 4.79 Å². The van der Waals surface area contributed by atoms with E-state index in [0.29, 0.717) is 24.3 Å². The van der Waals surface area contributed by atoms with Gasteiger partial charge in [0.15, 0.2) is 5.82 Å². The summed E-state index contributed by atoms with van der Waals surface area (Å²) in [6, 6.07) is 7.87. The van der Waals surface area contributed by atoms with Crippen molar-refractivity contribution in [1.82, 2.24) is 29.6 Å². The van der Waals surface area contributed by atoms with Crippen LogP contribution in [-0.2, 0) is 17.9 Å². The normalized spacial score (nSPS) is 11.4. The number of hydrogen-bond acceptors (Lipinski definition) is 5. The highest BCUT2D eigenvalue weighted by atomic mass is 16.1. The number of carbonyl (C=O) groups excluding carboxylic acids is 1. The smallest absolute Gasteiger partial charge is 0.220 e. The van der Waals surface area contributed by atoms with E-state index in [1.165, 1.54) is 0 Å². The number of imidazole rings is 1. The van der Waals surface area contributed by atoms with Gasteiger partial charge in [0, 0.05) is 30.7 Å². The fourth-order valence-electron chi connectivity index (χ4n) is 3.48. The third kappa shape index (κ3) is 3.06. The topological polar surface area (TPSA) is 104 Å². The lowest BCUT2D eigenvalue weighted by Gasteiger charge is -2.10. The van der Waals surface area contributed by atoms with Crippen molar-refractivity contribution in [2.45, 2.75) is 39.8 Å². The molecule has 0 saturated carbocycles. The first-order chi connectivity index (χ1) is 13.6. The SMILES string of the molecule is CCCC(=O)NCc1nc2c(N)nc3cc(-n4cccn4)ccc3c2n1CC. The lowest BCUT2D eigenvalue weighted by Crippen LogP contribution is -2.24. The zero-order chi connectivity index (χ0) is 19.7. The quantitative estimate of drug-likeness (QED) is 0.538. The molecule has 1 amide bonds. The molecule has 0 radical (unpaired) electrons. The fourth-order valence-corrected chi connectivity index (χ4v) is 3.48. The van der Waals surface area contributed by atoms with Crippen molar-refractivity contribution in [1.29, 1.82) is 0 Å². The first-order valence-electron chi connectivity index (χ1n) is 9.47. The minimum absolute atomic E-state index is 0.0250. The molecule has 8 heteroatoms. The van der Waals surface area contributed by atoms with Crippen molar-refractivity contribution in [3.8, 4) is 5.69 Å². The van der Waals surface area contributed by atoms with E-state index in [4.69, 9.17) is 5.73 Å². The third-order valence-corrected chi connectivity index (χ3v) is 4.77. The Morgan fingerprint density at radius 3 is 2.82 bits per heavy atom. The Morgan fingerprint density at radius 1 is 1.25 bits per heavy atom. The molecule has 4 aromatic rings. The second-order valence-corrected chi connectivity index (χ2v) is 6.65. The Hall–Kier alpha value is -3.42. The lowest BCUT2D eigenvalue weighted by molar-refractivity contribution is -0.121. The van der Waals surface area contributed by atoms with Gasteiger partial charge in [-0.15, -0.1) is 0 Å². The van der Waals surface area contributed by atoms with Gasteiger partial charge in [-0.25, -0.2) is 14.6 Å². The third-order valence-electron chi connectivity index (χ3n) is 4.77. The number of nitrogens with one attached hydrogen (secondary N) is 1. The van der Waals surface area contributed by atoms with Crippen LogP contribution in [0.1, 0.15) is 32.5 Å². The van der Waals surface area contributed by atoms with Crippen molar-refractivity contribution >= 4 is 33.7 Å². The molecule has 0 bridgehead atoms. The zero-order valence-corrected chi connectivity index (χ0v) is 16.0. The second kappa shape index (κ2) is 7.30. The molecule has 0 aliphatic rings. The largest absolute Gasteiger partial charge is 0.382 e. The van der Waals surface area contributed by atoms with E-state index in [1.54, 1.807) is 10.9 Å². The van der Waals surface area contributed by atoms with E-state index in [1.807, 2.05) is 37.4 Å². The van der Waals surface area contributed by atoms with Gasteiger partial charge in [0.1, 0.15) is 11.3 Å².